The Morgan fingerprint density at radius 3 is 1.63 bits per heavy atom. The van der Waals surface area contributed by atoms with E-state index in [-0.39, 0.29) is 38.1 Å². The zero-order chi connectivity index (χ0) is 27.1. The highest BCUT2D eigenvalue weighted by atomic mass is 32.1. The Hall–Kier alpha value is -2.88. The first kappa shape index (κ1) is 28.1. The lowest BCUT2D eigenvalue weighted by atomic mass is 10.1. The van der Waals surface area contributed by atoms with Gasteiger partial charge in [-0.15, -0.1) is 22.7 Å². The summed E-state index contributed by atoms with van der Waals surface area (Å²) in [5.74, 6) is -2.63. The molecular formula is C24H30N4O8S2. The van der Waals surface area contributed by atoms with E-state index >= 15 is 0 Å². The van der Waals surface area contributed by atoms with Crippen molar-refractivity contribution >= 4 is 46.4 Å². The van der Waals surface area contributed by atoms with Crippen LogP contribution in [0.15, 0.2) is 35.0 Å². The van der Waals surface area contributed by atoms with Gasteiger partial charge in [0.25, 0.3) is 0 Å². The quantitative estimate of drug-likeness (QED) is 0.256. The summed E-state index contributed by atoms with van der Waals surface area (Å²) >= 11 is 2.89. The smallest absolute Gasteiger partial charge is 0.338 e. The first-order chi connectivity index (χ1) is 18.4. The van der Waals surface area contributed by atoms with Crippen molar-refractivity contribution < 1.29 is 38.9 Å². The molecule has 0 radical (unpaired) electrons. The van der Waals surface area contributed by atoms with Gasteiger partial charge in [0, 0.05) is 49.0 Å². The Kier molecular flexibility index (Phi) is 9.82. The van der Waals surface area contributed by atoms with Crippen molar-refractivity contribution in [3.8, 4) is 0 Å². The van der Waals surface area contributed by atoms with Gasteiger partial charge < -0.3 is 30.3 Å². The van der Waals surface area contributed by atoms with Gasteiger partial charge in [-0.25, -0.2) is 9.59 Å². The number of aliphatic hydroxyl groups excluding tert-OH is 2. The third-order valence-electron chi connectivity index (χ3n) is 6.28. The second-order valence-corrected chi connectivity index (χ2v) is 10.7. The van der Waals surface area contributed by atoms with E-state index in [0.29, 0.717) is 26.2 Å². The highest BCUT2D eigenvalue weighted by Gasteiger charge is 2.36. The molecular weight excluding hydrogens is 536 g/mol. The van der Waals surface area contributed by atoms with E-state index in [0.717, 1.165) is 9.75 Å². The molecule has 2 aliphatic rings. The SMILES string of the molecule is O=C(OCCN1CCNC(=O)C1c1cccs1)C(O)C(O)C(=O)OCCN1CCNC(=O)C1c1cccs1. The van der Waals surface area contributed by atoms with E-state index in [1.807, 2.05) is 44.8 Å². The summed E-state index contributed by atoms with van der Waals surface area (Å²) in [5, 5.41) is 29.6. The van der Waals surface area contributed by atoms with Crippen LogP contribution in [0.3, 0.4) is 0 Å². The molecule has 4 heterocycles. The molecule has 2 aromatic heterocycles. The number of nitrogens with one attached hydrogen (secondary N) is 2. The standard InChI is InChI=1S/C24H30N4O8S2/c29-19(23(33)35-11-9-27-7-5-25-21(31)17(27)15-3-1-13-37-15)20(30)24(34)36-12-10-28-8-6-26-22(32)18(28)16-4-2-14-38-16/h1-4,13-14,17-20,29-30H,5-12H2,(H,25,31)(H,26,32). The minimum Gasteiger partial charge on any atom is -0.462 e. The molecule has 2 fully saturated rings. The number of ether oxygens (including phenoxy) is 2. The lowest BCUT2D eigenvalue weighted by Crippen LogP contribution is -2.51. The molecule has 2 amide bonds. The number of rotatable bonds is 11. The second-order valence-electron chi connectivity index (χ2n) is 8.71. The zero-order valence-corrected chi connectivity index (χ0v) is 22.1. The molecule has 2 aromatic rings. The monoisotopic (exact) mass is 566 g/mol. The van der Waals surface area contributed by atoms with Crippen LogP contribution in [0.5, 0.6) is 0 Å². The topological polar surface area (TPSA) is 158 Å². The molecule has 12 nitrogen and oxygen atoms in total. The van der Waals surface area contributed by atoms with Gasteiger partial charge in [-0.2, -0.15) is 0 Å². The largest absolute Gasteiger partial charge is 0.462 e. The van der Waals surface area contributed by atoms with Crippen molar-refractivity contribution in [2.24, 2.45) is 0 Å². The molecule has 2 aliphatic heterocycles. The van der Waals surface area contributed by atoms with Crippen molar-refractivity contribution in [3.63, 3.8) is 0 Å². The first-order valence-corrected chi connectivity index (χ1v) is 13.9. The van der Waals surface area contributed by atoms with E-state index in [1.165, 1.54) is 22.7 Å². The molecule has 4 N–H and O–H groups in total. The number of carbonyl (C=O) groups is 4. The van der Waals surface area contributed by atoms with E-state index in [2.05, 4.69) is 10.6 Å². The molecule has 0 bridgehead atoms. The molecule has 0 aromatic carbocycles. The molecule has 14 heteroatoms. The fraction of sp³-hybridized carbons (Fsp3) is 0.500. The Morgan fingerprint density at radius 2 is 1.26 bits per heavy atom. The molecule has 38 heavy (non-hydrogen) atoms. The summed E-state index contributed by atoms with van der Waals surface area (Å²) in [7, 11) is 0. The molecule has 0 spiro atoms. The van der Waals surface area contributed by atoms with E-state index in [1.54, 1.807) is 0 Å². The highest BCUT2D eigenvalue weighted by Crippen LogP contribution is 2.28. The van der Waals surface area contributed by atoms with Gasteiger partial charge >= 0.3 is 11.9 Å². The third-order valence-corrected chi connectivity index (χ3v) is 8.13. The lowest BCUT2D eigenvalue weighted by Gasteiger charge is -2.34. The van der Waals surface area contributed by atoms with Crippen LogP contribution >= 0.6 is 22.7 Å². The number of thiophene rings is 2. The van der Waals surface area contributed by atoms with Crippen molar-refractivity contribution in [1.82, 2.24) is 20.4 Å². The number of hydrogen-bond acceptors (Lipinski definition) is 12. The number of nitrogens with zero attached hydrogens (tertiary/aromatic N) is 2. The summed E-state index contributed by atoms with van der Waals surface area (Å²) < 4.78 is 10.1. The maximum absolute atomic E-state index is 12.4. The van der Waals surface area contributed by atoms with Crippen LogP contribution in [0, 0.1) is 0 Å². The maximum Gasteiger partial charge on any atom is 0.338 e. The van der Waals surface area contributed by atoms with Gasteiger partial charge in [0.15, 0.2) is 12.2 Å². The Balaban J connectivity index is 1.21. The van der Waals surface area contributed by atoms with Crippen LogP contribution in [-0.2, 0) is 28.7 Å². The average Bonchev–Trinajstić information content (AvgIpc) is 3.63. The molecule has 4 rings (SSSR count). The fourth-order valence-corrected chi connectivity index (χ4v) is 6.09. The second kappa shape index (κ2) is 13.3. The Bertz CT molecular complexity index is 1010. The number of esters is 2. The van der Waals surface area contributed by atoms with Crippen LogP contribution in [0.4, 0.5) is 0 Å². The minimum atomic E-state index is -2.13. The summed E-state index contributed by atoms with van der Waals surface area (Å²) in [6.45, 7) is 2.18. The van der Waals surface area contributed by atoms with Gasteiger partial charge in [-0.1, -0.05) is 12.1 Å². The summed E-state index contributed by atoms with van der Waals surface area (Å²) in [5.41, 5.74) is 0. The van der Waals surface area contributed by atoms with Gasteiger partial charge in [0.05, 0.1) is 0 Å². The number of hydrogen-bond donors (Lipinski definition) is 4. The van der Waals surface area contributed by atoms with Crippen molar-refractivity contribution in [1.29, 1.82) is 0 Å². The molecule has 4 atom stereocenters. The molecule has 206 valence electrons. The fourth-order valence-electron chi connectivity index (χ4n) is 4.38. The molecule has 4 unspecified atom stereocenters. The normalized spacial score (nSPS) is 22.3. The van der Waals surface area contributed by atoms with Gasteiger partial charge in [-0.05, 0) is 22.9 Å². The number of amides is 2. The van der Waals surface area contributed by atoms with E-state index < -0.39 is 36.2 Å². The first-order valence-electron chi connectivity index (χ1n) is 12.2. The predicted molar refractivity (Wildman–Crippen MR) is 137 cm³/mol. The van der Waals surface area contributed by atoms with Crippen LogP contribution in [-0.4, -0.2) is 108 Å². The van der Waals surface area contributed by atoms with E-state index in [9.17, 15) is 29.4 Å². The van der Waals surface area contributed by atoms with Crippen molar-refractivity contribution in [2.75, 3.05) is 52.5 Å². The van der Waals surface area contributed by atoms with Crippen LogP contribution in [0.25, 0.3) is 0 Å². The summed E-state index contributed by atoms with van der Waals surface area (Å²) in [6, 6.07) is 6.40. The maximum atomic E-state index is 12.4. The van der Waals surface area contributed by atoms with Crippen molar-refractivity contribution in [2.45, 2.75) is 24.3 Å². The number of carbonyl (C=O) groups excluding carboxylic acids is 4. The average molecular weight is 567 g/mol. The van der Waals surface area contributed by atoms with E-state index in [4.69, 9.17) is 9.47 Å². The van der Waals surface area contributed by atoms with Crippen LogP contribution in [0.2, 0.25) is 0 Å². The van der Waals surface area contributed by atoms with Gasteiger partial charge in [0.1, 0.15) is 25.3 Å². The van der Waals surface area contributed by atoms with Gasteiger partial charge in [-0.3, -0.25) is 19.4 Å². The molecule has 0 saturated carbocycles. The summed E-state index contributed by atoms with van der Waals surface area (Å²) in [4.78, 5) is 54.6. The Labute approximate surface area is 227 Å². The lowest BCUT2D eigenvalue weighted by molar-refractivity contribution is -0.173. The molecule has 2 saturated heterocycles. The van der Waals surface area contributed by atoms with Crippen LogP contribution in [0.1, 0.15) is 21.8 Å². The summed E-state index contributed by atoms with van der Waals surface area (Å²) in [6.07, 6.45) is -4.25. The minimum absolute atomic E-state index is 0.143. The number of piperazine rings is 2. The Morgan fingerprint density at radius 1 is 0.842 bits per heavy atom. The predicted octanol–water partition coefficient (Wildman–Crippen LogP) is -0.736. The third kappa shape index (κ3) is 6.76. The zero-order valence-electron chi connectivity index (χ0n) is 20.5. The van der Waals surface area contributed by atoms with Crippen molar-refractivity contribution in [3.05, 3.63) is 44.8 Å². The van der Waals surface area contributed by atoms with Gasteiger partial charge in [0.2, 0.25) is 11.8 Å². The number of aliphatic hydroxyl groups is 2. The highest BCUT2D eigenvalue weighted by molar-refractivity contribution is 7.10. The van der Waals surface area contributed by atoms with Crippen LogP contribution < -0.4 is 10.6 Å². The molecule has 0 aliphatic carbocycles.